The molecule has 0 saturated carbocycles. The van der Waals surface area contributed by atoms with E-state index in [1.54, 1.807) is 6.92 Å². The Labute approximate surface area is 174 Å². The van der Waals surface area contributed by atoms with Gasteiger partial charge in [0.2, 0.25) is 5.91 Å². The molecule has 2 fully saturated rings. The Morgan fingerprint density at radius 1 is 1.45 bits per heavy atom. The van der Waals surface area contributed by atoms with Crippen molar-refractivity contribution in [2.24, 2.45) is 17.6 Å². The van der Waals surface area contributed by atoms with Crippen molar-refractivity contribution >= 4 is 29.6 Å². The van der Waals surface area contributed by atoms with E-state index in [4.69, 9.17) is 15.2 Å². The lowest BCUT2D eigenvalue weighted by Crippen LogP contribution is -2.64. The minimum Gasteiger partial charge on any atom is -0.477 e. The van der Waals surface area contributed by atoms with Crippen LogP contribution in [0.3, 0.4) is 0 Å². The highest BCUT2D eigenvalue weighted by Gasteiger charge is 2.61. The summed E-state index contributed by atoms with van der Waals surface area (Å²) in [6.45, 7) is 7.25. The highest BCUT2D eigenvalue weighted by molar-refractivity contribution is 8.03. The smallest absolute Gasteiger partial charge is 0.353 e. The number of esters is 1. The summed E-state index contributed by atoms with van der Waals surface area (Å²) in [5.41, 5.74) is 5.51. The van der Waals surface area contributed by atoms with Crippen molar-refractivity contribution in [1.82, 2.24) is 10.2 Å². The molecule has 162 valence electrons. The molecule has 1 amide bonds. The molecule has 0 spiro atoms. The van der Waals surface area contributed by atoms with Crippen molar-refractivity contribution in [3.63, 3.8) is 0 Å². The second kappa shape index (κ2) is 9.03. The molecule has 0 aromatic heterocycles. The first kappa shape index (κ1) is 22.1. The van der Waals surface area contributed by atoms with Crippen LogP contribution in [0.25, 0.3) is 0 Å². The fourth-order valence-corrected chi connectivity index (χ4v) is 6.01. The third kappa shape index (κ3) is 4.30. The summed E-state index contributed by atoms with van der Waals surface area (Å²) in [6.07, 6.45) is 0.268. The van der Waals surface area contributed by atoms with E-state index in [0.29, 0.717) is 19.8 Å². The van der Waals surface area contributed by atoms with Crippen LogP contribution >= 0.6 is 11.8 Å². The third-order valence-electron chi connectivity index (χ3n) is 5.71. The van der Waals surface area contributed by atoms with Gasteiger partial charge in [0.1, 0.15) is 11.8 Å². The van der Waals surface area contributed by atoms with Crippen LogP contribution in [0.15, 0.2) is 10.6 Å². The van der Waals surface area contributed by atoms with Crippen LogP contribution in [0.1, 0.15) is 27.2 Å². The summed E-state index contributed by atoms with van der Waals surface area (Å²) in [4.78, 5) is 38.1. The number of carbonyl (C=O) groups is 3. The van der Waals surface area contributed by atoms with Crippen molar-refractivity contribution in [3.05, 3.63) is 10.6 Å². The summed E-state index contributed by atoms with van der Waals surface area (Å²) in [6, 6.07) is -0.0801. The van der Waals surface area contributed by atoms with Gasteiger partial charge in [0.05, 0.1) is 25.2 Å². The number of carboxylic acid groups (broad SMARTS) is 1. The van der Waals surface area contributed by atoms with E-state index in [9.17, 15) is 19.5 Å². The maximum absolute atomic E-state index is 12.7. The molecular formula is C19H29N3O6S. The fourth-order valence-electron chi connectivity index (χ4n) is 4.49. The van der Waals surface area contributed by atoms with E-state index in [-0.39, 0.29) is 34.9 Å². The number of fused-ring (bicyclic) bond motifs is 1. The van der Waals surface area contributed by atoms with Gasteiger partial charge >= 0.3 is 11.9 Å². The molecule has 3 rings (SSSR count). The number of aliphatic carboxylic acids is 1. The molecule has 3 aliphatic heterocycles. The molecule has 0 aromatic carbocycles. The molecule has 3 heterocycles. The summed E-state index contributed by atoms with van der Waals surface area (Å²) >= 11 is 1.53. The Kier molecular flexibility index (Phi) is 6.87. The first-order chi connectivity index (χ1) is 13.8. The molecule has 4 N–H and O–H groups in total. The number of carbonyl (C=O) groups excluding carboxylic acids is 2. The number of amides is 1. The van der Waals surface area contributed by atoms with E-state index in [1.165, 1.54) is 23.6 Å². The SMILES string of the molecule is CC(=O)O[C@H](C)[C@H]1C(=O)N2C(C(=O)O)=C(S[C@@H]3CN[C@H](COCCN)C3)[C@H](C)[C@H]12. The third-order valence-corrected chi connectivity index (χ3v) is 7.22. The molecule has 3 aliphatic rings. The Bertz CT molecular complexity index is 714. The largest absolute Gasteiger partial charge is 0.477 e. The predicted octanol–water partition coefficient (Wildman–Crippen LogP) is 0.150. The maximum Gasteiger partial charge on any atom is 0.353 e. The summed E-state index contributed by atoms with van der Waals surface area (Å²) in [5, 5.41) is 13.4. The van der Waals surface area contributed by atoms with Crippen LogP contribution < -0.4 is 11.1 Å². The van der Waals surface area contributed by atoms with Crippen molar-refractivity contribution < 1.29 is 29.0 Å². The number of ether oxygens (including phenoxy) is 2. The van der Waals surface area contributed by atoms with E-state index in [1.807, 2.05) is 6.92 Å². The van der Waals surface area contributed by atoms with E-state index in [2.05, 4.69) is 5.32 Å². The number of nitrogens with one attached hydrogen (secondary N) is 1. The van der Waals surface area contributed by atoms with Gasteiger partial charge in [0.15, 0.2) is 0 Å². The van der Waals surface area contributed by atoms with Crippen LogP contribution in [0.5, 0.6) is 0 Å². The lowest BCUT2D eigenvalue weighted by atomic mass is 9.79. The van der Waals surface area contributed by atoms with E-state index in [0.717, 1.165) is 17.9 Å². The van der Waals surface area contributed by atoms with Gasteiger partial charge in [0, 0.05) is 42.1 Å². The molecule has 0 unspecified atom stereocenters. The summed E-state index contributed by atoms with van der Waals surface area (Å²) in [5.74, 6) is -2.47. The molecule has 0 radical (unpaired) electrons. The molecule has 10 heteroatoms. The van der Waals surface area contributed by atoms with Crippen LogP contribution in [0.2, 0.25) is 0 Å². The standard InChI is InChI=1S/C19H29N3O6S/c1-9-15-14(10(2)28-11(3)23)18(24)22(15)16(19(25)26)17(9)29-13-6-12(21-7-13)8-27-5-4-20/h9-10,12-15,21H,4-8,20H2,1-3H3,(H,25,26)/t9-,10-,12+,13+,14-,15-/m1/s1. The fraction of sp³-hybridized carbons (Fsp3) is 0.737. The highest BCUT2D eigenvalue weighted by Crippen LogP contribution is 2.52. The van der Waals surface area contributed by atoms with Crippen molar-refractivity contribution in [1.29, 1.82) is 0 Å². The molecular weight excluding hydrogens is 398 g/mol. The normalized spacial score (nSPS) is 32.2. The zero-order valence-corrected chi connectivity index (χ0v) is 17.7. The number of nitrogens with two attached hydrogens (primary N) is 1. The highest BCUT2D eigenvalue weighted by atomic mass is 32.2. The second-order valence-corrected chi connectivity index (χ2v) is 9.13. The number of thioether (sulfide) groups is 1. The molecule has 29 heavy (non-hydrogen) atoms. The van der Waals surface area contributed by atoms with Gasteiger partial charge in [-0.2, -0.15) is 0 Å². The minimum absolute atomic E-state index is 0.0756. The van der Waals surface area contributed by atoms with Crippen molar-refractivity contribution in [2.45, 2.75) is 50.6 Å². The molecule has 0 aliphatic carbocycles. The Balaban J connectivity index is 1.70. The van der Waals surface area contributed by atoms with Gasteiger partial charge in [0.25, 0.3) is 0 Å². The molecule has 2 saturated heterocycles. The van der Waals surface area contributed by atoms with Crippen LogP contribution in [-0.2, 0) is 23.9 Å². The molecule has 6 atom stereocenters. The van der Waals surface area contributed by atoms with Gasteiger partial charge in [-0.3, -0.25) is 9.59 Å². The van der Waals surface area contributed by atoms with E-state index >= 15 is 0 Å². The lowest BCUT2D eigenvalue weighted by molar-refractivity contribution is -0.171. The monoisotopic (exact) mass is 427 g/mol. The van der Waals surface area contributed by atoms with Crippen LogP contribution in [-0.4, -0.2) is 77.6 Å². The average Bonchev–Trinajstić information content (AvgIpc) is 3.17. The molecule has 9 nitrogen and oxygen atoms in total. The van der Waals surface area contributed by atoms with Crippen LogP contribution in [0.4, 0.5) is 0 Å². The topological polar surface area (TPSA) is 131 Å². The number of β-lactam (4-membered cyclic amide) rings is 1. The zero-order chi connectivity index (χ0) is 21.3. The number of nitrogens with zero attached hydrogens (tertiary/aromatic N) is 1. The first-order valence-electron chi connectivity index (χ1n) is 9.91. The van der Waals surface area contributed by atoms with Gasteiger partial charge in [-0.1, -0.05) is 6.92 Å². The molecule has 0 aromatic rings. The lowest BCUT2D eigenvalue weighted by Gasteiger charge is -2.47. The Morgan fingerprint density at radius 2 is 2.17 bits per heavy atom. The molecule has 0 bridgehead atoms. The van der Waals surface area contributed by atoms with Crippen LogP contribution in [0, 0.1) is 11.8 Å². The number of rotatable bonds is 9. The number of carboxylic acids is 1. The van der Waals surface area contributed by atoms with Crippen molar-refractivity contribution in [3.8, 4) is 0 Å². The second-order valence-electron chi connectivity index (χ2n) is 7.79. The predicted molar refractivity (Wildman–Crippen MR) is 107 cm³/mol. The van der Waals surface area contributed by atoms with Crippen molar-refractivity contribution in [2.75, 3.05) is 26.3 Å². The van der Waals surface area contributed by atoms with Gasteiger partial charge < -0.3 is 30.5 Å². The number of hydrogen-bond donors (Lipinski definition) is 3. The summed E-state index contributed by atoms with van der Waals surface area (Å²) in [7, 11) is 0. The Morgan fingerprint density at radius 3 is 2.79 bits per heavy atom. The zero-order valence-electron chi connectivity index (χ0n) is 16.9. The first-order valence-corrected chi connectivity index (χ1v) is 10.8. The quantitative estimate of drug-likeness (QED) is 0.267. The number of hydrogen-bond acceptors (Lipinski definition) is 8. The van der Waals surface area contributed by atoms with Gasteiger partial charge in [-0.05, 0) is 13.3 Å². The summed E-state index contributed by atoms with van der Waals surface area (Å²) < 4.78 is 10.7. The minimum atomic E-state index is -1.09. The average molecular weight is 428 g/mol. The Hall–Kier alpha value is -1.62. The van der Waals surface area contributed by atoms with Gasteiger partial charge in [-0.25, -0.2) is 4.79 Å². The maximum atomic E-state index is 12.7. The van der Waals surface area contributed by atoms with E-state index < -0.39 is 24.0 Å². The van der Waals surface area contributed by atoms with Gasteiger partial charge in [-0.15, -0.1) is 11.8 Å².